The molecule has 0 spiro atoms. The lowest BCUT2D eigenvalue weighted by atomic mass is 9.96. The van der Waals surface area contributed by atoms with Crippen LogP contribution >= 0.6 is 23.1 Å². The number of carbonyl (C=O) groups is 4. The number of rotatable bonds is 11. The van der Waals surface area contributed by atoms with Crippen molar-refractivity contribution in [3.05, 3.63) is 117 Å². The summed E-state index contributed by atoms with van der Waals surface area (Å²) in [5.41, 5.74) is 4.37. The predicted molar refractivity (Wildman–Crippen MR) is 198 cm³/mol. The molecule has 0 aliphatic heterocycles. The number of benzene rings is 3. The third kappa shape index (κ3) is 9.70. The fourth-order valence-corrected chi connectivity index (χ4v) is 7.72. The number of hydrogen-bond acceptors (Lipinski definition) is 7. The first-order chi connectivity index (χ1) is 23.7. The van der Waals surface area contributed by atoms with Gasteiger partial charge < -0.3 is 20.7 Å². The molecule has 1 aromatic heterocycles. The summed E-state index contributed by atoms with van der Waals surface area (Å²) in [6, 6.07) is 23.5. The average Bonchev–Trinajstić information content (AvgIpc) is 3.41. The van der Waals surface area contributed by atoms with Crippen molar-refractivity contribution in [3.8, 4) is 0 Å². The highest BCUT2D eigenvalue weighted by molar-refractivity contribution is 8.00. The van der Waals surface area contributed by atoms with E-state index in [0.29, 0.717) is 21.8 Å². The molecule has 4 aromatic rings. The van der Waals surface area contributed by atoms with Gasteiger partial charge in [-0.2, -0.15) is 0 Å². The number of anilines is 2. The molecule has 3 amide bonds. The van der Waals surface area contributed by atoms with Gasteiger partial charge in [0.15, 0.2) is 0 Å². The van der Waals surface area contributed by atoms with E-state index in [1.54, 1.807) is 62.4 Å². The summed E-state index contributed by atoms with van der Waals surface area (Å²) in [7, 11) is 0. The lowest BCUT2D eigenvalue weighted by molar-refractivity contribution is -0.115. The van der Waals surface area contributed by atoms with Crippen LogP contribution in [0.1, 0.15) is 81.8 Å². The molecule has 1 heterocycles. The molecule has 0 saturated heterocycles. The van der Waals surface area contributed by atoms with Gasteiger partial charge in [0, 0.05) is 21.0 Å². The smallest absolute Gasteiger partial charge is 0.341 e. The standard InChI is InChI=1S/C39H41N3O5S2/c1-4-47-39(46)34-31-17-10-5-6-11-18-33(31)49-38(34)42-35(43)26(3)48-30-16-12-15-29(24-30)40-37(45)32(23-27-21-19-25(2)20-22-27)41-36(44)28-13-8-7-9-14-28/h7-9,12-16,19-24,26H,4-6,10-11,17-18H2,1-3H3,(H,40,45)(H,41,44)(H,42,43)/b32-23+. The van der Waals surface area contributed by atoms with Gasteiger partial charge in [-0.1, -0.05) is 66.9 Å². The number of nitrogens with one attached hydrogen (secondary N) is 3. The molecule has 1 aliphatic rings. The Morgan fingerprint density at radius 1 is 0.898 bits per heavy atom. The second-order valence-electron chi connectivity index (χ2n) is 11.9. The van der Waals surface area contributed by atoms with E-state index in [1.165, 1.54) is 23.1 Å². The quantitative estimate of drug-likeness (QED) is 0.0825. The van der Waals surface area contributed by atoms with Crippen molar-refractivity contribution in [2.75, 3.05) is 17.2 Å². The Hall–Kier alpha value is -4.67. The molecule has 0 fully saturated rings. The summed E-state index contributed by atoms with van der Waals surface area (Å²) in [6.45, 7) is 5.83. The molecule has 3 aromatic carbocycles. The summed E-state index contributed by atoms with van der Waals surface area (Å²) in [4.78, 5) is 55.0. The van der Waals surface area contributed by atoms with E-state index in [-0.39, 0.29) is 18.2 Å². The Kier molecular flexibility index (Phi) is 12.5. The summed E-state index contributed by atoms with van der Waals surface area (Å²) in [6.07, 6.45) is 7.68. The van der Waals surface area contributed by atoms with Crippen LogP contribution in [0.2, 0.25) is 0 Å². The first-order valence-electron chi connectivity index (χ1n) is 16.6. The van der Waals surface area contributed by atoms with Crippen molar-refractivity contribution in [1.29, 1.82) is 0 Å². The van der Waals surface area contributed by atoms with E-state index in [1.807, 2.05) is 43.3 Å². The fourth-order valence-electron chi connectivity index (χ4n) is 5.52. The van der Waals surface area contributed by atoms with E-state index in [0.717, 1.165) is 65.0 Å². The zero-order valence-corrected chi connectivity index (χ0v) is 29.6. The molecule has 254 valence electrons. The van der Waals surface area contributed by atoms with Crippen LogP contribution in [-0.2, 0) is 27.2 Å². The Labute approximate surface area is 295 Å². The number of amides is 3. The minimum Gasteiger partial charge on any atom is -0.462 e. The molecule has 1 unspecified atom stereocenters. The van der Waals surface area contributed by atoms with Gasteiger partial charge in [0.2, 0.25) is 5.91 Å². The van der Waals surface area contributed by atoms with Gasteiger partial charge in [0.05, 0.1) is 17.4 Å². The lowest BCUT2D eigenvalue weighted by Gasteiger charge is -2.14. The van der Waals surface area contributed by atoms with Crippen LogP contribution in [0.15, 0.2) is 89.5 Å². The number of esters is 1. The number of ether oxygens (including phenoxy) is 1. The van der Waals surface area contributed by atoms with Crippen LogP contribution < -0.4 is 16.0 Å². The van der Waals surface area contributed by atoms with E-state index in [4.69, 9.17) is 4.74 Å². The van der Waals surface area contributed by atoms with Gasteiger partial charge in [-0.3, -0.25) is 14.4 Å². The van der Waals surface area contributed by atoms with E-state index in [2.05, 4.69) is 16.0 Å². The van der Waals surface area contributed by atoms with Gasteiger partial charge in [0.25, 0.3) is 11.8 Å². The molecule has 0 saturated carbocycles. The van der Waals surface area contributed by atoms with Crippen LogP contribution in [0.5, 0.6) is 0 Å². The van der Waals surface area contributed by atoms with E-state index < -0.39 is 23.0 Å². The summed E-state index contributed by atoms with van der Waals surface area (Å²) < 4.78 is 5.40. The molecule has 3 N–H and O–H groups in total. The van der Waals surface area contributed by atoms with Crippen LogP contribution in [0, 0.1) is 6.92 Å². The van der Waals surface area contributed by atoms with Gasteiger partial charge in [-0.05, 0) is 94.0 Å². The zero-order chi connectivity index (χ0) is 34.8. The molecule has 1 atom stereocenters. The number of aryl methyl sites for hydroxylation is 2. The van der Waals surface area contributed by atoms with Crippen molar-refractivity contribution in [2.45, 2.75) is 69.4 Å². The van der Waals surface area contributed by atoms with Crippen molar-refractivity contribution >= 4 is 63.6 Å². The minimum absolute atomic E-state index is 0.0889. The minimum atomic E-state index is -0.507. The normalized spacial score (nSPS) is 13.7. The Balaban J connectivity index is 1.29. The van der Waals surface area contributed by atoms with Gasteiger partial charge >= 0.3 is 5.97 Å². The number of thiophene rings is 1. The molecule has 8 nitrogen and oxygen atoms in total. The third-order valence-corrected chi connectivity index (χ3v) is 10.4. The number of thioether (sulfide) groups is 1. The van der Waals surface area contributed by atoms with Crippen molar-refractivity contribution < 1.29 is 23.9 Å². The monoisotopic (exact) mass is 695 g/mol. The van der Waals surface area contributed by atoms with E-state index in [9.17, 15) is 19.2 Å². The Bertz CT molecular complexity index is 1830. The van der Waals surface area contributed by atoms with Gasteiger partial charge in [-0.25, -0.2) is 4.79 Å². The van der Waals surface area contributed by atoms with Crippen LogP contribution in [0.4, 0.5) is 10.7 Å². The van der Waals surface area contributed by atoms with Crippen molar-refractivity contribution in [2.24, 2.45) is 0 Å². The average molecular weight is 696 g/mol. The van der Waals surface area contributed by atoms with Crippen molar-refractivity contribution in [3.63, 3.8) is 0 Å². The number of hydrogen-bond donors (Lipinski definition) is 3. The van der Waals surface area contributed by atoms with Crippen LogP contribution in [0.3, 0.4) is 0 Å². The highest BCUT2D eigenvalue weighted by Gasteiger charge is 2.27. The zero-order valence-electron chi connectivity index (χ0n) is 28.0. The summed E-state index contributed by atoms with van der Waals surface area (Å²) >= 11 is 2.82. The summed E-state index contributed by atoms with van der Waals surface area (Å²) in [5.74, 6) is -1.51. The number of carbonyl (C=O) groups excluding carboxylic acids is 4. The molecule has 0 bridgehead atoms. The van der Waals surface area contributed by atoms with Crippen molar-refractivity contribution in [1.82, 2.24) is 5.32 Å². The molecule has 1 aliphatic carbocycles. The van der Waals surface area contributed by atoms with Crippen LogP contribution in [0.25, 0.3) is 6.08 Å². The van der Waals surface area contributed by atoms with E-state index >= 15 is 0 Å². The maximum atomic E-state index is 13.6. The largest absolute Gasteiger partial charge is 0.462 e. The SMILES string of the molecule is CCOC(=O)c1c(NC(=O)C(C)Sc2cccc(NC(=O)/C(=C\c3ccc(C)cc3)NC(=O)c3ccccc3)c2)sc2c1CCCCCC2. The molecule has 49 heavy (non-hydrogen) atoms. The molecule has 10 heteroatoms. The maximum absolute atomic E-state index is 13.6. The Morgan fingerprint density at radius 3 is 2.37 bits per heavy atom. The summed E-state index contributed by atoms with van der Waals surface area (Å²) in [5, 5.41) is 8.74. The molecule has 0 radical (unpaired) electrons. The van der Waals surface area contributed by atoms with Gasteiger partial charge in [-0.15, -0.1) is 23.1 Å². The molecular formula is C39H41N3O5S2. The highest BCUT2D eigenvalue weighted by atomic mass is 32.2. The lowest BCUT2D eigenvalue weighted by Crippen LogP contribution is -2.30. The topological polar surface area (TPSA) is 114 Å². The Morgan fingerprint density at radius 2 is 1.63 bits per heavy atom. The van der Waals surface area contributed by atoms with Gasteiger partial charge in [0.1, 0.15) is 10.7 Å². The predicted octanol–water partition coefficient (Wildman–Crippen LogP) is 8.42. The second-order valence-corrected chi connectivity index (χ2v) is 14.4. The molecule has 5 rings (SSSR count). The first kappa shape index (κ1) is 35.6. The van der Waals surface area contributed by atoms with Crippen LogP contribution in [-0.4, -0.2) is 35.5 Å². The second kappa shape index (κ2) is 17.1. The maximum Gasteiger partial charge on any atom is 0.341 e. The molecular weight excluding hydrogens is 655 g/mol. The third-order valence-electron chi connectivity index (χ3n) is 8.08. The first-order valence-corrected chi connectivity index (χ1v) is 18.3. The number of fused-ring (bicyclic) bond motifs is 1. The fraction of sp³-hybridized carbons (Fsp3) is 0.282. The highest BCUT2D eigenvalue weighted by Crippen LogP contribution is 2.38.